The fourth-order valence-electron chi connectivity index (χ4n) is 1.42. The van der Waals surface area contributed by atoms with Crippen molar-refractivity contribution in [2.75, 3.05) is 13.2 Å². The summed E-state index contributed by atoms with van der Waals surface area (Å²) in [6.07, 6.45) is 2.94. The number of ether oxygens (including phenoxy) is 2. The van der Waals surface area contributed by atoms with E-state index in [1.165, 1.54) is 0 Å². The lowest BCUT2D eigenvalue weighted by Gasteiger charge is -2.15. The Morgan fingerprint density at radius 2 is 1.44 bits per heavy atom. The molecule has 2 rings (SSSR count). The van der Waals surface area contributed by atoms with Crippen molar-refractivity contribution in [3.63, 3.8) is 0 Å². The van der Waals surface area contributed by atoms with Gasteiger partial charge >= 0.3 is 11.9 Å². The van der Waals surface area contributed by atoms with Crippen molar-refractivity contribution in [1.82, 2.24) is 0 Å². The second-order valence-electron chi connectivity index (χ2n) is 4.07. The Kier molecular flexibility index (Phi) is 6.77. The zero-order valence-electron chi connectivity index (χ0n) is 9.32. The Morgan fingerprint density at radius 3 is 1.69 bits per heavy atom. The van der Waals surface area contributed by atoms with E-state index in [1.54, 1.807) is 0 Å². The zero-order valence-corrected chi connectivity index (χ0v) is 9.32. The molecule has 0 radical (unpaired) electrons. The standard InChI is InChI=1S/C6H10O2.C5H8O2.CH4/c1-5-3-2-4-8-6(5)7;1-4-2-3-7-5(4)6;/h5H,2-4H2,1H3;4H,2-3H2,1H3;1H4. The fourth-order valence-corrected chi connectivity index (χ4v) is 1.42. The Morgan fingerprint density at radius 1 is 0.938 bits per heavy atom. The molecule has 2 aliphatic heterocycles. The van der Waals surface area contributed by atoms with Gasteiger partial charge in [-0.25, -0.2) is 0 Å². The van der Waals surface area contributed by atoms with Gasteiger partial charge in [0, 0.05) is 0 Å². The maximum Gasteiger partial charge on any atom is 0.308 e. The maximum atomic E-state index is 10.6. The lowest BCUT2D eigenvalue weighted by Crippen LogP contribution is -2.20. The van der Waals surface area contributed by atoms with Crippen LogP contribution < -0.4 is 0 Å². The number of rotatable bonds is 0. The minimum atomic E-state index is -0.0417. The largest absolute Gasteiger partial charge is 0.465 e. The predicted octanol–water partition coefficient (Wildman–Crippen LogP) is 2.17. The van der Waals surface area contributed by atoms with E-state index in [0.29, 0.717) is 13.2 Å². The van der Waals surface area contributed by atoms with Gasteiger partial charge in [0.1, 0.15) is 0 Å². The number of hydrogen-bond donors (Lipinski definition) is 0. The van der Waals surface area contributed by atoms with Crippen molar-refractivity contribution in [3.8, 4) is 0 Å². The van der Waals surface area contributed by atoms with Crippen LogP contribution in [0.15, 0.2) is 0 Å². The van der Waals surface area contributed by atoms with Crippen LogP contribution in [-0.4, -0.2) is 25.2 Å². The highest BCUT2D eigenvalue weighted by molar-refractivity contribution is 5.73. The van der Waals surface area contributed by atoms with Crippen LogP contribution in [0.1, 0.15) is 40.5 Å². The topological polar surface area (TPSA) is 52.6 Å². The predicted molar refractivity (Wildman–Crippen MR) is 60.8 cm³/mol. The quantitative estimate of drug-likeness (QED) is 0.598. The summed E-state index contributed by atoms with van der Waals surface area (Å²) in [5.41, 5.74) is 0. The van der Waals surface area contributed by atoms with Crippen molar-refractivity contribution in [2.24, 2.45) is 11.8 Å². The normalized spacial score (nSPS) is 28.1. The van der Waals surface area contributed by atoms with Crippen LogP contribution in [0.4, 0.5) is 0 Å². The minimum absolute atomic E-state index is 0. The molecule has 0 spiro atoms. The summed E-state index contributed by atoms with van der Waals surface area (Å²) < 4.78 is 9.38. The molecule has 2 atom stereocenters. The van der Waals surface area contributed by atoms with E-state index in [-0.39, 0.29) is 31.2 Å². The molecule has 4 heteroatoms. The number of cyclic esters (lactones) is 2. The van der Waals surface area contributed by atoms with Crippen LogP contribution in [0.3, 0.4) is 0 Å². The SMILES string of the molecule is C.CC1CCCOC1=O.CC1CCOC1=O. The van der Waals surface area contributed by atoms with Gasteiger partial charge in [-0.1, -0.05) is 21.3 Å². The summed E-state index contributed by atoms with van der Waals surface area (Å²) in [6.45, 7) is 5.04. The summed E-state index contributed by atoms with van der Waals surface area (Å²) in [5.74, 6) is 0.222. The van der Waals surface area contributed by atoms with Gasteiger partial charge in [-0.05, 0) is 19.3 Å². The average molecular weight is 230 g/mol. The van der Waals surface area contributed by atoms with Gasteiger partial charge in [-0.2, -0.15) is 0 Å². The van der Waals surface area contributed by atoms with E-state index < -0.39 is 0 Å². The Bertz CT molecular complexity index is 237. The smallest absolute Gasteiger partial charge is 0.308 e. The van der Waals surface area contributed by atoms with E-state index in [2.05, 4.69) is 4.74 Å². The molecule has 0 aromatic rings. The highest BCUT2D eigenvalue weighted by Gasteiger charge is 2.20. The van der Waals surface area contributed by atoms with Gasteiger partial charge in [0.05, 0.1) is 25.0 Å². The van der Waals surface area contributed by atoms with Crippen LogP contribution in [0.5, 0.6) is 0 Å². The first-order chi connectivity index (χ1) is 7.11. The summed E-state index contributed by atoms with van der Waals surface area (Å²) >= 11 is 0. The molecule has 2 unspecified atom stereocenters. The van der Waals surface area contributed by atoms with Gasteiger partial charge in [0.25, 0.3) is 0 Å². The molecule has 0 aromatic heterocycles. The maximum absolute atomic E-state index is 10.6. The molecular weight excluding hydrogens is 208 g/mol. The van der Waals surface area contributed by atoms with Crippen LogP contribution >= 0.6 is 0 Å². The third-order valence-corrected chi connectivity index (χ3v) is 2.63. The van der Waals surface area contributed by atoms with Crippen molar-refractivity contribution < 1.29 is 19.1 Å². The Hall–Kier alpha value is -1.06. The van der Waals surface area contributed by atoms with Gasteiger partial charge in [-0.15, -0.1) is 0 Å². The van der Waals surface area contributed by atoms with Gasteiger partial charge in [0.2, 0.25) is 0 Å². The van der Waals surface area contributed by atoms with Crippen LogP contribution in [0, 0.1) is 11.8 Å². The first-order valence-electron chi connectivity index (χ1n) is 5.44. The summed E-state index contributed by atoms with van der Waals surface area (Å²) in [5, 5.41) is 0. The van der Waals surface area contributed by atoms with Crippen LogP contribution in [0.2, 0.25) is 0 Å². The molecule has 94 valence electrons. The first kappa shape index (κ1) is 14.9. The number of carbonyl (C=O) groups is 2. The van der Waals surface area contributed by atoms with E-state index in [0.717, 1.165) is 19.3 Å². The fraction of sp³-hybridized carbons (Fsp3) is 0.833. The van der Waals surface area contributed by atoms with E-state index in [4.69, 9.17) is 4.74 Å². The highest BCUT2D eigenvalue weighted by atomic mass is 16.5. The third kappa shape index (κ3) is 4.64. The summed E-state index contributed by atoms with van der Waals surface area (Å²) in [7, 11) is 0. The molecular formula is C12H22O4. The van der Waals surface area contributed by atoms with Crippen LogP contribution in [0.25, 0.3) is 0 Å². The van der Waals surface area contributed by atoms with Crippen molar-refractivity contribution >= 4 is 11.9 Å². The van der Waals surface area contributed by atoms with E-state index in [1.807, 2.05) is 13.8 Å². The lowest BCUT2D eigenvalue weighted by atomic mass is 10.0. The number of hydrogen-bond acceptors (Lipinski definition) is 4. The molecule has 0 aliphatic carbocycles. The van der Waals surface area contributed by atoms with Gasteiger partial charge < -0.3 is 9.47 Å². The highest BCUT2D eigenvalue weighted by Crippen LogP contribution is 2.13. The summed E-state index contributed by atoms with van der Waals surface area (Å²) in [4.78, 5) is 20.9. The molecule has 2 aliphatic rings. The molecule has 4 nitrogen and oxygen atoms in total. The first-order valence-corrected chi connectivity index (χ1v) is 5.44. The van der Waals surface area contributed by atoms with E-state index >= 15 is 0 Å². The monoisotopic (exact) mass is 230 g/mol. The molecule has 2 heterocycles. The van der Waals surface area contributed by atoms with E-state index in [9.17, 15) is 9.59 Å². The third-order valence-electron chi connectivity index (χ3n) is 2.63. The second kappa shape index (κ2) is 7.25. The van der Waals surface area contributed by atoms with Gasteiger partial charge in [-0.3, -0.25) is 9.59 Å². The van der Waals surface area contributed by atoms with Gasteiger partial charge in [0.15, 0.2) is 0 Å². The minimum Gasteiger partial charge on any atom is -0.465 e. The second-order valence-corrected chi connectivity index (χ2v) is 4.07. The molecule has 0 amide bonds. The zero-order chi connectivity index (χ0) is 11.3. The average Bonchev–Trinajstić information content (AvgIpc) is 2.57. The van der Waals surface area contributed by atoms with Crippen molar-refractivity contribution in [3.05, 3.63) is 0 Å². The van der Waals surface area contributed by atoms with Crippen LogP contribution in [-0.2, 0) is 19.1 Å². The molecule has 0 N–H and O–H groups in total. The molecule has 0 bridgehead atoms. The molecule has 2 saturated heterocycles. The lowest BCUT2D eigenvalue weighted by molar-refractivity contribution is -0.152. The number of esters is 2. The molecule has 16 heavy (non-hydrogen) atoms. The molecule has 0 aromatic carbocycles. The van der Waals surface area contributed by atoms with Crippen molar-refractivity contribution in [1.29, 1.82) is 0 Å². The molecule has 0 saturated carbocycles. The van der Waals surface area contributed by atoms with Crippen molar-refractivity contribution in [2.45, 2.75) is 40.5 Å². The Balaban J connectivity index is 0.000000267. The number of carbonyl (C=O) groups excluding carboxylic acids is 2. The Labute approximate surface area is 97.3 Å². The summed E-state index contributed by atoms with van der Waals surface area (Å²) in [6, 6.07) is 0. The molecule has 2 fully saturated rings.